The summed E-state index contributed by atoms with van der Waals surface area (Å²) in [5, 5.41) is 2.14. The Bertz CT molecular complexity index is 479. The summed E-state index contributed by atoms with van der Waals surface area (Å²) in [6.45, 7) is 0. The van der Waals surface area contributed by atoms with Crippen molar-refractivity contribution in [3.63, 3.8) is 0 Å². The van der Waals surface area contributed by atoms with Crippen molar-refractivity contribution in [3.05, 3.63) is 48.0 Å². The highest BCUT2D eigenvalue weighted by Crippen LogP contribution is 2.15. The number of carbonyl (C=O) groups is 1. The van der Waals surface area contributed by atoms with Crippen LogP contribution in [-0.4, -0.2) is 16.5 Å². The number of carbonyl (C=O) groups excluding carboxylic acids is 1. The van der Waals surface area contributed by atoms with Crippen molar-refractivity contribution < 1.29 is 9.22 Å². The monoisotopic (exact) mass is 199 g/mol. The highest BCUT2D eigenvalue weighted by molar-refractivity contribution is 6.10. The largest absolute Gasteiger partial charge is 0.513 e. The van der Waals surface area contributed by atoms with E-state index in [0.29, 0.717) is 5.56 Å². The van der Waals surface area contributed by atoms with E-state index in [1.165, 1.54) is 0 Å². The molecular weight excluding hydrogens is 192 g/mol. The molecule has 2 rings (SSSR count). The summed E-state index contributed by atoms with van der Waals surface area (Å²) < 4.78 is 4.45. The van der Waals surface area contributed by atoms with Crippen molar-refractivity contribution in [3.8, 4) is 0 Å². The van der Waals surface area contributed by atoms with E-state index in [1.54, 1.807) is 12.1 Å². The Labute approximate surface area is 85.0 Å². The van der Waals surface area contributed by atoms with Crippen LogP contribution in [0.5, 0.6) is 0 Å². The minimum atomic E-state index is -0.382. The summed E-state index contributed by atoms with van der Waals surface area (Å²) in [4.78, 5) is 11.2. The lowest BCUT2D eigenvalue weighted by atomic mass is 10.1. The first kappa shape index (κ1) is 8.96. The minimum Gasteiger partial charge on any atom is -0.513 e. The SMILES string of the molecule is O=C(O[Si])c1ccc2ccccc2c1. The molecule has 3 radical (unpaired) electrons. The molecule has 0 amide bonds. The normalized spacial score (nSPS) is 10.1. The molecule has 14 heavy (non-hydrogen) atoms. The molecule has 0 aliphatic rings. The molecule has 0 unspecified atom stereocenters. The molecule has 0 heterocycles. The molecule has 3 heteroatoms. The van der Waals surface area contributed by atoms with Crippen LogP contribution in [0.25, 0.3) is 10.8 Å². The van der Waals surface area contributed by atoms with E-state index in [2.05, 4.69) is 14.9 Å². The van der Waals surface area contributed by atoms with Gasteiger partial charge in [0.15, 0.2) is 0 Å². The Morgan fingerprint density at radius 1 is 1.07 bits per heavy atom. The molecular formula is C11H7O2Si. The van der Waals surface area contributed by atoms with Gasteiger partial charge < -0.3 is 4.43 Å². The van der Waals surface area contributed by atoms with E-state index >= 15 is 0 Å². The Kier molecular flexibility index (Phi) is 2.33. The second-order valence-corrected chi connectivity index (χ2v) is 3.16. The zero-order chi connectivity index (χ0) is 9.97. The third-order valence-corrected chi connectivity index (χ3v) is 2.26. The van der Waals surface area contributed by atoms with E-state index < -0.39 is 0 Å². The molecule has 2 aromatic carbocycles. The van der Waals surface area contributed by atoms with Crippen LogP contribution in [0, 0.1) is 0 Å². The molecule has 0 bridgehead atoms. The van der Waals surface area contributed by atoms with Gasteiger partial charge in [0.2, 0.25) is 0 Å². The summed E-state index contributed by atoms with van der Waals surface area (Å²) in [7, 11) is 2.71. The van der Waals surface area contributed by atoms with E-state index in [0.717, 1.165) is 10.8 Å². The van der Waals surface area contributed by atoms with Crippen LogP contribution >= 0.6 is 0 Å². The Morgan fingerprint density at radius 2 is 1.79 bits per heavy atom. The van der Waals surface area contributed by atoms with Crippen molar-refractivity contribution >= 4 is 27.2 Å². The van der Waals surface area contributed by atoms with Gasteiger partial charge in [-0.2, -0.15) is 0 Å². The highest BCUT2D eigenvalue weighted by Gasteiger charge is 2.04. The van der Waals surface area contributed by atoms with Gasteiger partial charge in [-0.05, 0) is 22.9 Å². The van der Waals surface area contributed by atoms with Gasteiger partial charge in [0.25, 0.3) is 0 Å². The van der Waals surface area contributed by atoms with E-state index in [4.69, 9.17) is 0 Å². The maximum atomic E-state index is 11.2. The number of fused-ring (bicyclic) bond motifs is 1. The van der Waals surface area contributed by atoms with Crippen molar-refractivity contribution in [2.75, 3.05) is 0 Å². The standard InChI is InChI=1S/C11H7O2Si/c12-11(13-14)10-6-5-8-3-1-2-4-9(8)7-10/h1-7H. The number of rotatable bonds is 1. The van der Waals surface area contributed by atoms with Crippen LogP contribution in [-0.2, 0) is 4.43 Å². The molecule has 2 nitrogen and oxygen atoms in total. The predicted octanol–water partition coefficient (Wildman–Crippen LogP) is 2.08. The zero-order valence-electron chi connectivity index (χ0n) is 7.36. The second-order valence-electron chi connectivity index (χ2n) is 2.95. The van der Waals surface area contributed by atoms with Crippen molar-refractivity contribution in [2.45, 2.75) is 0 Å². The van der Waals surface area contributed by atoms with Gasteiger partial charge in [-0.1, -0.05) is 30.3 Å². The van der Waals surface area contributed by atoms with Gasteiger partial charge in [-0.15, -0.1) is 0 Å². The Morgan fingerprint density at radius 3 is 2.50 bits per heavy atom. The molecule has 0 fully saturated rings. The van der Waals surface area contributed by atoms with Crippen molar-refractivity contribution in [1.82, 2.24) is 0 Å². The first-order valence-corrected chi connectivity index (χ1v) is 4.59. The zero-order valence-corrected chi connectivity index (χ0v) is 8.36. The minimum absolute atomic E-state index is 0.382. The molecule has 67 valence electrons. The molecule has 0 aliphatic carbocycles. The smallest absolute Gasteiger partial charge is 0.345 e. The highest BCUT2D eigenvalue weighted by atomic mass is 28.2. The van der Waals surface area contributed by atoms with Crippen molar-refractivity contribution in [2.24, 2.45) is 0 Å². The molecule has 0 saturated heterocycles. The maximum absolute atomic E-state index is 11.2. The summed E-state index contributed by atoms with van der Waals surface area (Å²) in [6, 6.07) is 13.3. The summed E-state index contributed by atoms with van der Waals surface area (Å²) in [5.41, 5.74) is 0.540. The topological polar surface area (TPSA) is 26.3 Å². The van der Waals surface area contributed by atoms with Crippen LogP contribution < -0.4 is 0 Å². The average Bonchev–Trinajstić information content (AvgIpc) is 2.27. The van der Waals surface area contributed by atoms with Gasteiger partial charge in [0.1, 0.15) is 0 Å². The lowest BCUT2D eigenvalue weighted by Crippen LogP contribution is -2.01. The number of hydrogen-bond acceptors (Lipinski definition) is 2. The third-order valence-electron chi connectivity index (χ3n) is 2.08. The number of benzene rings is 2. The summed E-state index contributed by atoms with van der Waals surface area (Å²) >= 11 is 0. The molecule has 0 aromatic heterocycles. The molecule has 0 spiro atoms. The molecule has 0 saturated carbocycles. The summed E-state index contributed by atoms with van der Waals surface area (Å²) in [6.07, 6.45) is 0. The second kappa shape index (κ2) is 3.63. The summed E-state index contributed by atoms with van der Waals surface area (Å²) in [5.74, 6) is -0.382. The number of hydrogen-bond donors (Lipinski definition) is 0. The first-order valence-electron chi connectivity index (χ1n) is 4.18. The van der Waals surface area contributed by atoms with E-state index in [-0.39, 0.29) is 5.97 Å². The van der Waals surface area contributed by atoms with Crippen LogP contribution in [0.2, 0.25) is 0 Å². The van der Waals surface area contributed by atoms with Gasteiger partial charge in [-0.3, -0.25) is 0 Å². The van der Waals surface area contributed by atoms with Crippen LogP contribution in [0.4, 0.5) is 0 Å². The molecule has 0 N–H and O–H groups in total. The van der Waals surface area contributed by atoms with E-state index in [1.807, 2.05) is 30.3 Å². The third kappa shape index (κ3) is 1.54. The van der Waals surface area contributed by atoms with Crippen LogP contribution in [0.1, 0.15) is 10.4 Å². The molecule has 0 aliphatic heterocycles. The van der Waals surface area contributed by atoms with Crippen LogP contribution in [0.15, 0.2) is 42.5 Å². The van der Waals surface area contributed by atoms with Crippen LogP contribution in [0.3, 0.4) is 0 Å². The Hall–Kier alpha value is -1.61. The quantitative estimate of drug-likeness (QED) is 0.657. The predicted molar refractivity (Wildman–Crippen MR) is 55.1 cm³/mol. The van der Waals surface area contributed by atoms with Gasteiger partial charge >= 0.3 is 16.5 Å². The van der Waals surface area contributed by atoms with Crippen molar-refractivity contribution in [1.29, 1.82) is 0 Å². The maximum Gasteiger partial charge on any atom is 0.345 e. The molecule has 0 atom stereocenters. The average molecular weight is 199 g/mol. The fraction of sp³-hybridized carbons (Fsp3) is 0. The fourth-order valence-corrected chi connectivity index (χ4v) is 1.49. The van der Waals surface area contributed by atoms with Gasteiger partial charge in [-0.25, -0.2) is 4.79 Å². The Balaban J connectivity index is 2.56. The first-order chi connectivity index (χ1) is 6.81. The van der Waals surface area contributed by atoms with Gasteiger partial charge in [0, 0.05) is 0 Å². The van der Waals surface area contributed by atoms with E-state index in [9.17, 15) is 4.79 Å². The fourth-order valence-electron chi connectivity index (χ4n) is 1.38. The van der Waals surface area contributed by atoms with Gasteiger partial charge in [0.05, 0.1) is 5.56 Å². The lowest BCUT2D eigenvalue weighted by Gasteiger charge is -2.01. The lowest BCUT2D eigenvalue weighted by molar-refractivity contribution is 0.0750. The molecule has 2 aromatic rings.